The molecule has 0 radical (unpaired) electrons. The van der Waals surface area contributed by atoms with Gasteiger partial charge in [-0.1, -0.05) is 24.3 Å². The smallest absolute Gasteiger partial charge is 0.279 e. The molecule has 0 saturated carbocycles. The van der Waals surface area contributed by atoms with Gasteiger partial charge in [0.1, 0.15) is 6.61 Å². The maximum atomic E-state index is 12.3. The van der Waals surface area contributed by atoms with E-state index in [1.807, 2.05) is 6.07 Å². The minimum Gasteiger partial charge on any atom is -0.493 e. The van der Waals surface area contributed by atoms with Crippen LogP contribution in [-0.4, -0.2) is 30.7 Å². The molecule has 154 valence electrons. The zero-order valence-electron chi connectivity index (χ0n) is 15.8. The van der Waals surface area contributed by atoms with Gasteiger partial charge in [0.2, 0.25) is 0 Å². The van der Waals surface area contributed by atoms with Crippen LogP contribution in [0.1, 0.15) is 15.9 Å². The summed E-state index contributed by atoms with van der Waals surface area (Å²) in [5, 5.41) is 3.36. The largest absolute Gasteiger partial charge is 0.493 e. The molecule has 30 heavy (non-hydrogen) atoms. The van der Waals surface area contributed by atoms with Crippen molar-refractivity contribution in [2.75, 3.05) is 13.7 Å². The second-order valence-electron chi connectivity index (χ2n) is 5.93. The number of benzene rings is 2. The molecule has 1 heterocycles. The monoisotopic (exact) mass is 554 g/mol. The Morgan fingerprint density at radius 1 is 1.33 bits per heavy atom. The lowest BCUT2D eigenvalue weighted by Gasteiger charge is -2.12. The molecule has 1 aliphatic rings. The Bertz CT molecular complexity index is 1070. The van der Waals surface area contributed by atoms with Crippen LogP contribution >= 0.6 is 46.0 Å². The average molecular weight is 555 g/mol. The second-order valence-corrected chi connectivity index (χ2v) is 8.56. The van der Waals surface area contributed by atoms with Crippen molar-refractivity contribution in [3.8, 4) is 11.5 Å². The fourth-order valence-electron chi connectivity index (χ4n) is 2.49. The number of carbonyl (C=O) groups is 2. The highest BCUT2D eigenvalue weighted by Crippen LogP contribution is 2.36. The Morgan fingerprint density at radius 2 is 2.07 bits per heavy atom. The van der Waals surface area contributed by atoms with Crippen molar-refractivity contribution in [2.45, 2.75) is 0 Å². The molecular formula is C21H16ClIN2O4S. The number of ether oxygens (including phenoxy) is 2. The van der Waals surface area contributed by atoms with E-state index in [0.717, 1.165) is 20.9 Å². The normalized spacial score (nSPS) is 15.9. The number of carbonyl (C=O) groups excluding carboxylic acids is 2. The Hall–Kier alpha value is -2.30. The van der Waals surface area contributed by atoms with Crippen LogP contribution < -0.4 is 14.8 Å². The zero-order valence-corrected chi connectivity index (χ0v) is 19.5. The summed E-state index contributed by atoms with van der Waals surface area (Å²) in [5.41, 5.74) is 1.14. The van der Waals surface area contributed by atoms with E-state index in [0.29, 0.717) is 33.6 Å². The molecule has 6 nitrogen and oxygen atoms in total. The number of amidine groups is 1. The number of aliphatic imine (C=N–C) groups is 1. The summed E-state index contributed by atoms with van der Waals surface area (Å²) >= 11 is 9.07. The molecule has 1 N–H and O–H groups in total. The predicted molar refractivity (Wildman–Crippen MR) is 128 cm³/mol. The quantitative estimate of drug-likeness (QED) is 0.312. The third-order valence-corrected chi connectivity index (χ3v) is 5.80. The fourth-order valence-corrected chi connectivity index (χ4v) is 4.21. The van der Waals surface area contributed by atoms with Gasteiger partial charge >= 0.3 is 0 Å². The van der Waals surface area contributed by atoms with Gasteiger partial charge in [-0.2, -0.15) is 4.99 Å². The highest BCUT2D eigenvalue weighted by molar-refractivity contribution is 14.1. The molecule has 0 spiro atoms. The van der Waals surface area contributed by atoms with E-state index in [2.05, 4.69) is 39.5 Å². The summed E-state index contributed by atoms with van der Waals surface area (Å²) in [6, 6.07) is 10.0. The summed E-state index contributed by atoms with van der Waals surface area (Å²) in [6.45, 7) is 3.99. The van der Waals surface area contributed by atoms with E-state index in [1.54, 1.807) is 49.6 Å². The molecule has 0 bridgehead atoms. The Labute approximate surface area is 196 Å². The highest BCUT2D eigenvalue weighted by Gasteiger charge is 2.25. The van der Waals surface area contributed by atoms with Crippen LogP contribution in [0.5, 0.6) is 11.5 Å². The van der Waals surface area contributed by atoms with E-state index in [4.69, 9.17) is 21.1 Å². The molecule has 9 heteroatoms. The van der Waals surface area contributed by atoms with Gasteiger partial charge in [-0.25, -0.2) is 0 Å². The SMILES string of the molecule is C=CCOc1c(I)cc(/C=C2\SC(=NC(=O)c3ccc(Cl)cc3)NC2=O)cc1OC. The van der Waals surface area contributed by atoms with Crippen molar-refractivity contribution in [3.63, 3.8) is 0 Å². The van der Waals surface area contributed by atoms with Crippen LogP contribution in [0, 0.1) is 3.57 Å². The van der Waals surface area contributed by atoms with Crippen LogP contribution in [0.25, 0.3) is 6.08 Å². The molecule has 0 unspecified atom stereocenters. The van der Waals surface area contributed by atoms with Crippen LogP contribution in [0.4, 0.5) is 0 Å². The number of halogens is 2. The van der Waals surface area contributed by atoms with Gasteiger partial charge in [-0.05, 0) is 82.4 Å². The van der Waals surface area contributed by atoms with Crippen molar-refractivity contribution in [3.05, 3.63) is 73.7 Å². The van der Waals surface area contributed by atoms with Crippen LogP contribution in [0.3, 0.4) is 0 Å². The van der Waals surface area contributed by atoms with Crippen LogP contribution in [-0.2, 0) is 4.79 Å². The summed E-state index contributed by atoms with van der Waals surface area (Å²) < 4.78 is 11.9. The topological polar surface area (TPSA) is 77.0 Å². The molecular weight excluding hydrogens is 539 g/mol. The van der Waals surface area contributed by atoms with Crippen molar-refractivity contribution in [1.29, 1.82) is 0 Å². The van der Waals surface area contributed by atoms with Gasteiger partial charge in [0, 0.05) is 10.6 Å². The van der Waals surface area contributed by atoms with E-state index < -0.39 is 5.91 Å². The number of hydrogen-bond acceptors (Lipinski definition) is 5. The standard InChI is InChI=1S/C21H16ClIN2O4S/c1-3-8-29-18-15(23)9-12(10-16(18)28-2)11-17-20(27)25-21(30-17)24-19(26)13-4-6-14(22)7-5-13/h3-7,9-11H,1,8H2,2H3,(H,24,25,26,27)/b17-11-. The van der Waals surface area contributed by atoms with Crippen LogP contribution in [0.15, 0.2) is 59.0 Å². The Morgan fingerprint density at radius 3 is 2.73 bits per heavy atom. The van der Waals surface area contributed by atoms with Gasteiger partial charge in [0.05, 0.1) is 15.6 Å². The van der Waals surface area contributed by atoms with E-state index in [9.17, 15) is 9.59 Å². The molecule has 1 aliphatic heterocycles. The zero-order chi connectivity index (χ0) is 21.7. The molecule has 3 rings (SSSR count). The first-order chi connectivity index (χ1) is 14.4. The first kappa shape index (κ1) is 22.4. The van der Waals surface area contributed by atoms with Crippen molar-refractivity contribution in [2.24, 2.45) is 4.99 Å². The second kappa shape index (κ2) is 10.1. The third-order valence-electron chi connectivity index (χ3n) is 3.84. The number of thioether (sulfide) groups is 1. The lowest BCUT2D eigenvalue weighted by molar-refractivity contribution is -0.115. The Kier molecular flexibility index (Phi) is 7.57. The lowest BCUT2D eigenvalue weighted by atomic mass is 10.2. The minimum atomic E-state index is -0.462. The van der Waals surface area contributed by atoms with Crippen molar-refractivity contribution in [1.82, 2.24) is 5.32 Å². The molecule has 2 amide bonds. The van der Waals surface area contributed by atoms with Gasteiger partial charge in [-0.3, -0.25) is 9.59 Å². The summed E-state index contributed by atoms with van der Waals surface area (Å²) in [7, 11) is 1.55. The summed E-state index contributed by atoms with van der Waals surface area (Å²) in [6.07, 6.45) is 3.36. The van der Waals surface area contributed by atoms with Gasteiger partial charge in [-0.15, -0.1) is 0 Å². The molecule has 1 saturated heterocycles. The maximum absolute atomic E-state index is 12.3. The van der Waals surface area contributed by atoms with Crippen molar-refractivity contribution < 1.29 is 19.1 Å². The van der Waals surface area contributed by atoms with Gasteiger partial charge < -0.3 is 14.8 Å². The molecule has 2 aromatic carbocycles. The van der Waals surface area contributed by atoms with E-state index >= 15 is 0 Å². The van der Waals surface area contributed by atoms with Crippen molar-refractivity contribution >= 4 is 69.0 Å². The molecule has 1 fully saturated rings. The highest BCUT2D eigenvalue weighted by atomic mass is 127. The maximum Gasteiger partial charge on any atom is 0.279 e. The average Bonchev–Trinajstić information content (AvgIpc) is 3.05. The lowest BCUT2D eigenvalue weighted by Crippen LogP contribution is -2.20. The number of rotatable bonds is 6. The summed E-state index contributed by atoms with van der Waals surface area (Å²) in [4.78, 5) is 29.0. The van der Waals surface area contributed by atoms with E-state index in [1.165, 1.54) is 0 Å². The number of nitrogens with zero attached hydrogens (tertiary/aromatic N) is 1. The first-order valence-corrected chi connectivity index (χ1v) is 10.9. The number of nitrogens with one attached hydrogen (secondary N) is 1. The van der Waals surface area contributed by atoms with Crippen LogP contribution in [0.2, 0.25) is 5.02 Å². The van der Waals surface area contributed by atoms with E-state index in [-0.39, 0.29) is 11.1 Å². The number of amides is 2. The molecule has 0 aliphatic carbocycles. The third kappa shape index (κ3) is 5.44. The molecule has 2 aromatic rings. The molecule has 0 aromatic heterocycles. The summed E-state index contributed by atoms with van der Waals surface area (Å²) in [5.74, 6) is 0.365. The number of methoxy groups -OCH3 is 1. The van der Waals surface area contributed by atoms with Gasteiger partial charge in [0.25, 0.3) is 11.8 Å². The number of hydrogen-bond donors (Lipinski definition) is 1. The van der Waals surface area contributed by atoms with Gasteiger partial charge in [0.15, 0.2) is 16.7 Å². The minimum absolute atomic E-state index is 0.221. The fraction of sp³-hybridized carbons (Fsp3) is 0.0952. The molecule has 0 atom stereocenters. The Balaban J connectivity index is 1.82. The predicted octanol–water partition coefficient (Wildman–Crippen LogP) is 4.92. The first-order valence-electron chi connectivity index (χ1n) is 8.62.